The molecular weight excluding hydrogens is 344 g/mol. The van der Waals surface area contributed by atoms with Crippen molar-refractivity contribution in [2.75, 3.05) is 6.61 Å². The highest BCUT2D eigenvalue weighted by atomic mass is 28.4. The van der Waals surface area contributed by atoms with Crippen LogP contribution in [0.5, 0.6) is 0 Å². The third-order valence-corrected chi connectivity index (χ3v) is 9.37. The van der Waals surface area contributed by atoms with Gasteiger partial charge < -0.3 is 19.0 Å². The molecule has 0 spiro atoms. The van der Waals surface area contributed by atoms with E-state index >= 15 is 0 Å². The molecule has 0 aromatic heterocycles. The average Bonchev–Trinajstić information content (AvgIpc) is 2.48. The zero-order valence-corrected chi connectivity index (χ0v) is 19.0. The Kier molecular flexibility index (Phi) is 11.0. The summed E-state index contributed by atoms with van der Waals surface area (Å²) in [5.74, 6) is 2.83. The van der Waals surface area contributed by atoms with Crippen molar-refractivity contribution in [3.63, 3.8) is 0 Å². The van der Waals surface area contributed by atoms with Gasteiger partial charge in [-0.3, -0.25) is 0 Å². The van der Waals surface area contributed by atoms with Crippen LogP contribution in [0.15, 0.2) is 12.7 Å². The Bertz CT molecular complexity index is 448. The highest BCUT2D eigenvalue weighted by Crippen LogP contribution is 2.38. The lowest BCUT2D eigenvalue weighted by atomic mass is 9.96. The van der Waals surface area contributed by atoms with Gasteiger partial charge in [0, 0.05) is 12.8 Å². The smallest absolute Gasteiger partial charge is 0.193 e. The van der Waals surface area contributed by atoms with Gasteiger partial charge >= 0.3 is 0 Å². The van der Waals surface area contributed by atoms with Crippen molar-refractivity contribution >= 4 is 8.32 Å². The van der Waals surface area contributed by atoms with Crippen molar-refractivity contribution in [2.45, 2.75) is 97.1 Å². The largest absolute Gasteiger partial charge is 0.408 e. The molecule has 4 atom stereocenters. The van der Waals surface area contributed by atoms with Crippen LogP contribution in [0, 0.1) is 18.3 Å². The van der Waals surface area contributed by atoms with Crippen LogP contribution in [0.3, 0.4) is 0 Å². The molecule has 0 radical (unpaired) electrons. The first kappa shape index (κ1) is 25.4. The molecule has 2 unspecified atom stereocenters. The van der Waals surface area contributed by atoms with E-state index in [1.54, 1.807) is 0 Å². The topological polar surface area (TPSA) is 47.9 Å². The Labute approximate surface area is 162 Å². The van der Waals surface area contributed by atoms with E-state index in [2.05, 4.69) is 53.3 Å². The average molecular weight is 385 g/mol. The molecule has 0 aromatic carbocycles. The van der Waals surface area contributed by atoms with E-state index in [1.165, 1.54) is 0 Å². The Hall–Kier alpha value is -0.643. The number of terminal acetylenes is 1. The summed E-state index contributed by atoms with van der Waals surface area (Å²) in [6, 6.07) is 0. The molecule has 26 heavy (non-hydrogen) atoms. The molecule has 0 fully saturated rings. The summed E-state index contributed by atoms with van der Waals surface area (Å²) in [6.07, 6.45) is 7.04. The predicted octanol–water partition coefficient (Wildman–Crippen LogP) is 4.74. The van der Waals surface area contributed by atoms with Crippen LogP contribution in [0.2, 0.25) is 18.1 Å². The van der Waals surface area contributed by atoms with E-state index in [0.717, 1.165) is 0 Å². The van der Waals surface area contributed by atoms with Crippen molar-refractivity contribution in [3.05, 3.63) is 12.7 Å². The molecule has 0 aromatic rings. The first-order chi connectivity index (χ1) is 11.9. The summed E-state index contributed by atoms with van der Waals surface area (Å²) in [7, 11) is -1.98. The monoisotopic (exact) mass is 384 g/mol. The maximum Gasteiger partial charge on any atom is 0.193 e. The van der Waals surface area contributed by atoms with Crippen molar-refractivity contribution in [1.82, 2.24) is 0 Å². The molecule has 152 valence electrons. The SMILES string of the molecule is C#CC[C@@H](C)[C@H](OCCC(O)OC(C)C)C(C=C)O[Si](C)(C)C(C)(C)C. The minimum Gasteiger partial charge on any atom is -0.408 e. The predicted molar refractivity (Wildman–Crippen MR) is 111 cm³/mol. The second-order valence-corrected chi connectivity index (χ2v) is 13.5. The molecule has 0 rings (SSSR count). The van der Waals surface area contributed by atoms with Crippen LogP contribution in [-0.4, -0.2) is 44.6 Å². The lowest BCUT2D eigenvalue weighted by Gasteiger charge is -2.41. The van der Waals surface area contributed by atoms with E-state index in [4.69, 9.17) is 20.3 Å². The van der Waals surface area contributed by atoms with Crippen LogP contribution in [-0.2, 0) is 13.9 Å². The van der Waals surface area contributed by atoms with Crippen LogP contribution < -0.4 is 0 Å². The molecule has 0 amide bonds. The fourth-order valence-corrected chi connectivity index (χ4v) is 3.60. The molecule has 4 nitrogen and oxygen atoms in total. The first-order valence-electron chi connectivity index (χ1n) is 9.54. The van der Waals surface area contributed by atoms with E-state index in [-0.39, 0.29) is 29.3 Å². The Morgan fingerprint density at radius 1 is 1.23 bits per heavy atom. The summed E-state index contributed by atoms with van der Waals surface area (Å²) >= 11 is 0. The molecule has 0 bridgehead atoms. The van der Waals surface area contributed by atoms with E-state index in [9.17, 15) is 5.11 Å². The molecule has 0 saturated carbocycles. The molecule has 0 heterocycles. The number of rotatable bonds is 12. The number of aliphatic hydroxyl groups is 1. The van der Waals surface area contributed by atoms with Gasteiger partial charge in [-0.2, -0.15) is 0 Å². The van der Waals surface area contributed by atoms with Gasteiger partial charge in [0.15, 0.2) is 14.6 Å². The fraction of sp³-hybridized carbons (Fsp3) is 0.810. The molecular formula is C21H40O4Si. The maximum atomic E-state index is 9.88. The minimum absolute atomic E-state index is 0.0241. The fourth-order valence-electron chi connectivity index (χ4n) is 2.34. The molecule has 5 heteroatoms. The third kappa shape index (κ3) is 8.83. The van der Waals surface area contributed by atoms with Gasteiger partial charge in [-0.25, -0.2) is 0 Å². The Balaban J connectivity index is 5.09. The zero-order valence-electron chi connectivity index (χ0n) is 18.0. The van der Waals surface area contributed by atoms with Gasteiger partial charge in [-0.1, -0.05) is 33.8 Å². The molecule has 0 saturated heterocycles. The van der Waals surface area contributed by atoms with Crippen molar-refractivity contribution in [3.8, 4) is 12.3 Å². The first-order valence-corrected chi connectivity index (χ1v) is 12.5. The third-order valence-electron chi connectivity index (χ3n) is 4.90. The minimum atomic E-state index is -1.98. The van der Waals surface area contributed by atoms with Gasteiger partial charge in [-0.15, -0.1) is 18.9 Å². The Morgan fingerprint density at radius 2 is 1.81 bits per heavy atom. The highest BCUT2D eigenvalue weighted by molar-refractivity contribution is 6.74. The zero-order chi connectivity index (χ0) is 20.5. The van der Waals surface area contributed by atoms with E-state index in [1.807, 2.05) is 19.9 Å². The van der Waals surface area contributed by atoms with Gasteiger partial charge in [0.05, 0.1) is 24.9 Å². The number of hydrogen-bond acceptors (Lipinski definition) is 4. The lowest BCUT2D eigenvalue weighted by Crippen LogP contribution is -2.48. The quantitative estimate of drug-likeness (QED) is 0.228. The van der Waals surface area contributed by atoms with Crippen LogP contribution in [0.25, 0.3) is 0 Å². The van der Waals surface area contributed by atoms with Crippen LogP contribution in [0.4, 0.5) is 0 Å². The summed E-state index contributed by atoms with van der Waals surface area (Å²) in [4.78, 5) is 0. The molecule has 0 aliphatic heterocycles. The summed E-state index contributed by atoms with van der Waals surface area (Å²) in [5.41, 5.74) is 0. The normalized spacial score (nSPS) is 17.4. The summed E-state index contributed by atoms with van der Waals surface area (Å²) in [6.45, 7) is 21.2. The van der Waals surface area contributed by atoms with Gasteiger partial charge in [0.25, 0.3) is 0 Å². The molecule has 0 aliphatic rings. The second-order valence-electron chi connectivity index (χ2n) is 8.73. The number of aliphatic hydroxyl groups excluding tert-OH is 1. The van der Waals surface area contributed by atoms with Crippen molar-refractivity contribution in [2.24, 2.45) is 5.92 Å². The van der Waals surface area contributed by atoms with E-state index in [0.29, 0.717) is 19.4 Å². The molecule has 0 aliphatic carbocycles. The molecule has 1 N–H and O–H groups in total. The van der Waals surface area contributed by atoms with Gasteiger partial charge in [-0.05, 0) is 37.9 Å². The summed E-state index contributed by atoms with van der Waals surface area (Å²) < 4.78 is 18.0. The van der Waals surface area contributed by atoms with Crippen LogP contribution in [0.1, 0.15) is 54.4 Å². The summed E-state index contributed by atoms with van der Waals surface area (Å²) in [5, 5.41) is 9.98. The van der Waals surface area contributed by atoms with Crippen molar-refractivity contribution < 1.29 is 19.0 Å². The van der Waals surface area contributed by atoms with Crippen LogP contribution >= 0.6 is 0 Å². The van der Waals surface area contributed by atoms with E-state index < -0.39 is 14.6 Å². The van der Waals surface area contributed by atoms with Crippen molar-refractivity contribution in [1.29, 1.82) is 0 Å². The second kappa shape index (κ2) is 11.3. The van der Waals surface area contributed by atoms with Gasteiger partial charge in [0.2, 0.25) is 0 Å². The lowest BCUT2D eigenvalue weighted by molar-refractivity contribution is -0.144. The van der Waals surface area contributed by atoms with Gasteiger partial charge in [0.1, 0.15) is 0 Å². The maximum absolute atomic E-state index is 9.88. The standard InChI is InChI=1S/C21H40O4Si/c1-11-13-17(5)20(23-15-14-19(22)24-16(3)4)18(12-2)25-26(9,10)21(6,7)8/h1,12,16-20,22H,2,13-15H2,3-10H3/t17-,18?,19?,20+/m1/s1. The number of hydrogen-bond donors (Lipinski definition) is 1. The Morgan fingerprint density at radius 3 is 2.23 bits per heavy atom. The number of ether oxygens (including phenoxy) is 2. The highest BCUT2D eigenvalue weighted by Gasteiger charge is 2.41.